The fourth-order valence-electron chi connectivity index (χ4n) is 4.63. The maximum Gasteiger partial charge on any atom is 0.353 e. The van der Waals surface area contributed by atoms with Crippen molar-refractivity contribution in [3.63, 3.8) is 0 Å². The van der Waals surface area contributed by atoms with Gasteiger partial charge in [0.2, 0.25) is 0 Å². The second kappa shape index (κ2) is 13.5. The summed E-state index contributed by atoms with van der Waals surface area (Å²) < 4.78 is 8.16. The van der Waals surface area contributed by atoms with Crippen molar-refractivity contribution < 1.29 is 19.4 Å². The molecule has 0 saturated heterocycles. The summed E-state index contributed by atoms with van der Waals surface area (Å²) in [7, 11) is 0. The zero-order valence-electron chi connectivity index (χ0n) is 24.8. The number of unbranched alkanes of at least 4 members (excludes halogenated alkanes) is 1. The molecular weight excluding hydrogens is 530 g/mol. The lowest BCUT2D eigenvalue weighted by Gasteiger charge is -2.21. The highest BCUT2D eigenvalue weighted by atomic mass is 16.5. The number of hydrogen-bond acceptors (Lipinski definition) is 5. The van der Waals surface area contributed by atoms with Crippen molar-refractivity contribution in [3.8, 4) is 5.75 Å². The van der Waals surface area contributed by atoms with E-state index in [-0.39, 0.29) is 12.5 Å². The molecular formula is C34H39N3O5. The van der Waals surface area contributed by atoms with E-state index in [9.17, 15) is 19.5 Å². The Morgan fingerprint density at radius 3 is 2.00 bits per heavy atom. The molecule has 8 nitrogen and oxygen atoms in total. The van der Waals surface area contributed by atoms with Crippen LogP contribution in [0.2, 0.25) is 0 Å². The Balaban J connectivity index is 1.53. The fraction of sp³-hybridized carbons (Fsp3) is 0.353. The van der Waals surface area contributed by atoms with Crippen LogP contribution >= 0.6 is 0 Å². The Labute approximate surface area is 246 Å². The van der Waals surface area contributed by atoms with E-state index < -0.39 is 17.3 Å². The molecule has 220 valence electrons. The Morgan fingerprint density at radius 2 is 1.40 bits per heavy atom. The molecule has 0 amide bonds. The van der Waals surface area contributed by atoms with Gasteiger partial charge < -0.3 is 9.84 Å². The van der Waals surface area contributed by atoms with Crippen molar-refractivity contribution in [2.24, 2.45) is 0 Å². The molecule has 8 heteroatoms. The molecule has 0 radical (unpaired) electrons. The molecule has 0 atom stereocenters. The molecule has 0 saturated carbocycles. The third kappa shape index (κ3) is 7.63. The first-order valence-corrected chi connectivity index (χ1v) is 14.5. The smallest absolute Gasteiger partial charge is 0.353 e. The first-order chi connectivity index (χ1) is 20.1. The van der Waals surface area contributed by atoms with Gasteiger partial charge in [-0.25, -0.2) is 18.8 Å². The van der Waals surface area contributed by atoms with Crippen molar-refractivity contribution >= 4 is 11.9 Å². The number of carboxylic acids is 1. The maximum atomic E-state index is 13.6. The summed E-state index contributed by atoms with van der Waals surface area (Å²) in [4.78, 5) is 38.5. The number of nitrogens with zero attached hydrogens (tertiary/aromatic N) is 3. The Morgan fingerprint density at radius 1 is 0.833 bits per heavy atom. The second-order valence-corrected chi connectivity index (χ2v) is 11.2. The van der Waals surface area contributed by atoms with Crippen LogP contribution in [0.25, 0.3) is 0 Å². The van der Waals surface area contributed by atoms with Crippen LogP contribution in [0.5, 0.6) is 5.75 Å². The van der Waals surface area contributed by atoms with Crippen LogP contribution in [0.1, 0.15) is 78.5 Å². The van der Waals surface area contributed by atoms with Crippen LogP contribution in [-0.2, 0) is 30.6 Å². The Kier molecular flexibility index (Phi) is 9.78. The van der Waals surface area contributed by atoms with Crippen LogP contribution < -0.4 is 10.4 Å². The molecule has 0 aliphatic rings. The van der Waals surface area contributed by atoms with Gasteiger partial charge >= 0.3 is 11.7 Å². The topological polar surface area (TPSA) is 103 Å². The molecule has 0 aliphatic carbocycles. The summed E-state index contributed by atoms with van der Waals surface area (Å²) in [5, 5.41) is 13.9. The number of carbonyl (C=O) groups excluding carboxylic acids is 1. The predicted molar refractivity (Wildman–Crippen MR) is 162 cm³/mol. The molecule has 4 aromatic rings. The van der Waals surface area contributed by atoms with Gasteiger partial charge in [-0.2, -0.15) is 5.10 Å². The van der Waals surface area contributed by atoms with Crippen molar-refractivity contribution in [2.75, 3.05) is 0 Å². The van der Waals surface area contributed by atoms with E-state index in [1.165, 1.54) is 28.7 Å². The van der Waals surface area contributed by atoms with Crippen molar-refractivity contribution in [2.45, 2.75) is 78.4 Å². The number of aromatic nitrogens is 3. The molecule has 1 aromatic heterocycles. The highest BCUT2D eigenvalue weighted by Gasteiger charge is 2.29. The average molecular weight is 570 g/mol. The highest BCUT2D eigenvalue weighted by Crippen LogP contribution is 2.20. The normalized spacial score (nSPS) is 11.4. The first kappa shape index (κ1) is 30.5. The molecule has 0 unspecified atom stereocenters. The number of carbonyl (C=O) groups is 2. The molecule has 42 heavy (non-hydrogen) atoms. The van der Waals surface area contributed by atoms with Gasteiger partial charge in [0.15, 0.2) is 5.60 Å². The average Bonchev–Trinajstić information content (AvgIpc) is 3.27. The van der Waals surface area contributed by atoms with E-state index in [0.29, 0.717) is 36.4 Å². The van der Waals surface area contributed by atoms with Gasteiger partial charge in [0.25, 0.3) is 5.91 Å². The van der Waals surface area contributed by atoms with Crippen molar-refractivity contribution in [1.29, 1.82) is 0 Å². The Hall–Kier alpha value is -4.46. The SMILES string of the molecule is CCCCc1ccc(C(=O)n2c(CCCc3ccc(OC(C)(C)C(=O)O)cc3)nn(Cc3ccc(C)cc3)c2=O)cc1. The minimum atomic E-state index is -1.33. The van der Waals surface area contributed by atoms with Gasteiger partial charge in [0, 0.05) is 12.0 Å². The quantitative estimate of drug-likeness (QED) is 0.217. The van der Waals surface area contributed by atoms with Crippen molar-refractivity contribution in [3.05, 3.63) is 117 Å². The summed E-state index contributed by atoms with van der Waals surface area (Å²) in [6.45, 7) is 7.43. The van der Waals surface area contributed by atoms with Gasteiger partial charge in [-0.3, -0.25) is 4.79 Å². The van der Waals surface area contributed by atoms with Gasteiger partial charge in [-0.15, -0.1) is 0 Å². The van der Waals surface area contributed by atoms with E-state index in [1.807, 2.05) is 55.5 Å². The van der Waals surface area contributed by atoms with E-state index in [2.05, 4.69) is 12.0 Å². The standard InChI is InChI=1S/C34H39N3O5/c1-5-6-8-25-15-19-28(20-16-25)31(38)37-30(35-36(33(37)41)23-27-13-11-24(2)12-14-27)10-7-9-26-17-21-29(22-18-26)42-34(3,4)32(39)40/h11-22H,5-10,23H2,1-4H3,(H,39,40). The molecule has 4 rings (SSSR count). The summed E-state index contributed by atoms with van der Waals surface area (Å²) in [5.41, 5.74) is 2.92. The predicted octanol–water partition coefficient (Wildman–Crippen LogP) is 5.85. The van der Waals surface area contributed by atoms with E-state index in [0.717, 1.165) is 36.0 Å². The minimum absolute atomic E-state index is 0.274. The van der Waals surface area contributed by atoms with Gasteiger partial charge in [-0.05, 0) is 87.4 Å². The van der Waals surface area contributed by atoms with E-state index >= 15 is 0 Å². The molecule has 1 N–H and O–H groups in total. The maximum absolute atomic E-state index is 13.6. The lowest BCUT2D eigenvalue weighted by Crippen LogP contribution is -2.37. The summed E-state index contributed by atoms with van der Waals surface area (Å²) in [5.74, 6) is -0.521. The minimum Gasteiger partial charge on any atom is -0.478 e. The largest absolute Gasteiger partial charge is 0.478 e. The highest BCUT2D eigenvalue weighted by molar-refractivity contribution is 5.96. The van der Waals surface area contributed by atoms with Gasteiger partial charge in [0.1, 0.15) is 11.6 Å². The van der Waals surface area contributed by atoms with Crippen LogP contribution in [0.3, 0.4) is 0 Å². The summed E-state index contributed by atoms with van der Waals surface area (Å²) >= 11 is 0. The number of rotatable bonds is 13. The number of aliphatic carboxylic acids is 1. The lowest BCUT2D eigenvalue weighted by atomic mass is 10.1. The van der Waals surface area contributed by atoms with Crippen LogP contribution in [0, 0.1) is 6.92 Å². The first-order valence-electron chi connectivity index (χ1n) is 14.5. The molecule has 0 spiro atoms. The summed E-state index contributed by atoms with van der Waals surface area (Å²) in [6, 6.07) is 22.7. The van der Waals surface area contributed by atoms with Gasteiger partial charge in [-0.1, -0.05) is 67.4 Å². The monoisotopic (exact) mass is 569 g/mol. The molecule has 0 aliphatic heterocycles. The summed E-state index contributed by atoms with van der Waals surface area (Å²) in [6.07, 6.45) is 4.90. The fourth-order valence-corrected chi connectivity index (χ4v) is 4.63. The molecule has 0 fully saturated rings. The number of carboxylic acid groups (broad SMARTS) is 1. The zero-order valence-corrected chi connectivity index (χ0v) is 24.8. The number of benzene rings is 3. The van der Waals surface area contributed by atoms with Crippen molar-refractivity contribution in [1.82, 2.24) is 14.3 Å². The number of ether oxygens (including phenoxy) is 1. The lowest BCUT2D eigenvalue weighted by molar-refractivity contribution is -0.152. The Bertz CT molecular complexity index is 1560. The second-order valence-electron chi connectivity index (χ2n) is 11.2. The number of hydrogen-bond donors (Lipinski definition) is 1. The van der Waals surface area contributed by atoms with E-state index in [4.69, 9.17) is 4.74 Å². The third-order valence-electron chi connectivity index (χ3n) is 7.26. The molecule has 1 heterocycles. The third-order valence-corrected chi connectivity index (χ3v) is 7.26. The molecule has 3 aromatic carbocycles. The zero-order chi connectivity index (χ0) is 30.3. The number of aryl methyl sites for hydroxylation is 4. The van der Waals surface area contributed by atoms with Crippen LogP contribution in [-0.4, -0.2) is 36.9 Å². The van der Waals surface area contributed by atoms with E-state index in [1.54, 1.807) is 24.3 Å². The van der Waals surface area contributed by atoms with Crippen LogP contribution in [0.15, 0.2) is 77.6 Å². The van der Waals surface area contributed by atoms with Gasteiger partial charge in [0.05, 0.1) is 6.54 Å². The van der Waals surface area contributed by atoms with Crippen LogP contribution in [0.4, 0.5) is 0 Å². The molecule has 0 bridgehead atoms.